The molecule has 0 aromatic carbocycles. The van der Waals surface area contributed by atoms with Crippen LogP contribution in [0.5, 0.6) is 0 Å². The summed E-state index contributed by atoms with van der Waals surface area (Å²) in [4.78, 5) is 13.5. The summed E-state index contributed by atoms with van der Waals surface area (Å²) in [5.74, 6) is -0.424. The molecule has 1 aromatic rings. The number of hydrogen-bond acceptors (Lipinski definition) is 3. The number of amides is 1. The van der Waals surface area contributed by atoms with Crippen LogP contribution >= 0.6 is 0 Å². The molecule has 5 nitrogen and oxygen atoms in total. The van der Waals surface area contributed by atoms with Crippen LogP contribution in [0, 0.1) is 6.92 Å². The second-order valence-electron chi connectivity index (χ2n) is 5.02. The summed E-state index contributed by atoms with van der Waals surface area (Å²) >= 11 is 0. The lowest BCUT2D eigenvalue weighted by Gasteiger charge is -2.33. The summed E-state index contributed by atoms with van der Waals surface area (Å²) in [5, 5.41) is 4.10. The first-order chi connectivity index (χ1) is 9.84. The Balaban J connectivity index is 2.13. The highest BCUT2D eigenvalue weighted by molar-refractivity contribution is 5.95. The first-order valence-electron chi connectivity index (χ1n) is 6.84. The van der Waals surface area contributed by atoms with Gasteiger partial charge in [-0.15, -0.1) is 0 Å². The van der Waals surface area contributed by atoms with Gasteiger partial charge < -0.3 is 9.64 Å². The van der Waals surface area contributed by atoms with Gasteiger partial charge in [0, 0.05) is 18.8 Å². The summed E-state index contributed by atoms with van der Waals surface area (Å²) < 4.78 is 44.4. The van der Waals surface area contributed by atoms with Gasteiger partial charge in [-0.3, -0.25) is 9.48 Å². The van der Waals surface area contributed by atoms with Crippen LogP contribution in [0.25, 0.3) is 0 Å². The molecule has 1 amide bonds. The van der Waals surface area contributed by atoms with Gasteiger partial charge >= 0.3 is 6.18 Å². The quantitative estimate of drug-likeness (QED) is 0.858. The molecule has 1 unspecified atom stereocenters. The normalized spacial score (nSPS) is 19.9. The Labute approximate surface area is 120 Å². The van der Waals surface area contributed by atoms with Crippen LogP contribution in [0.1, 0.15) is 29.4 Å². The molecular formula is C13H18F3N3O2. The smallest absolute Gasteiger partial charge is 0.365 e. The highest BCUT2D eigenvalue weighted by Crippen LogP contribution is 2.26. The first-order valence-corrected chi connectivity index (χ1v) is 6.84. The van der Waals surface area contributed by atoms with E-state index in [1.807, 2.05) is 6.92 Å². The summed E-state index contributed by atoms with van der Waals surface area (Å²) in [5.41, 5.74) is 1.03. The summed E-state index contributed by atoms with van der Waals surface area (Å²) in [7, 11) is 0. The molecule has 0 radical (unpaired) electrons. The zero-order chi connectivity index (χ0) is 15.6. The third-order valence-corrected chi connectivity index (χ3v) is 3.49. The Morgan fingerprint density at radius 2 is 2.24 bits per heavy atom. The number of carbonyl (C=O) groups excluding carboxylic acids is 1. The van der Waals surface area contributed by atoms with Crippen LogP contribution in [0.15, 0.2) is 6.20 Å². The lowest BCUT2D eigenvalue weighted by atomic mass is 10.2. The van der Waals surface area contributed by atoms with Crippen molar-refractivity contribution in [1.29, 1.82) is 0 Å². The fraction of sp³-hybridized carbons (Fsp3) is 0.692. The summed E-state index contributed by atoms with van der Waals surface area (Å²) in [6, 6.07) is 0. The van der Waals surface area contributed by atoms with Crippen molar-refractivity contribution in [3.63, 3.8) is 0 Å². The second kappa shape index (κ2) is 6.05. The number of carbonyl (C=O) groups is 1. The van der Waals surface area contributed by atoms with Crippen LogP contribution in [-0.2, 0) is 11.3 Å². The maximum Gasteiger partial charge on any atom is 0.416 e. The standard InChI is InChI=1S/C13H18F3N3O2/c1-3-4-19-9(2)10(7-17-19)12(20)18-5-6-21-11(8-18)13(14,15)16/h7,11H,3-6,8H2,1-2H3. The highest BCUT2D eigenvalue weighted by atomic mass is 19.4. The van der Waals surface area contributed by atoms with Crippen LogP contribution < -0.4 is 0 Å². The molecule has 0 spiro atoms. The van der Waals surface area contributed by atoms with E-state index < -0.39 is 24.7 Å². The number of aromatic nitrogens is 2. The zero-order valence-electron chi connectivity index (χ0n) is 12.0. The van der Waals surface area contributed by atoms with E-state index in [-0.39, 0.29) is 13.2 Å². The van der Waals surface area contributed by atoms with Crippen molar-refractivity contribution in [1.82, 2.24) is 14.7 Å². The van der Waals surface area contributed by atoms with E-state index in [9.17, 15) is 18.0 Å². The molecule has 2 rings (SSSR count). The molecule has 1 saturated heterocycles. The Bertz CT molecular complexity index is 513. The molecular weight excluding hydrogens is 287 g/mol. The lowest BCUT2D eigenvalue weighted by Crippen LogP contribution is -2.51. The molecule has 118 valence electrons. The van der Waals surface area contributed by atoms with E-state index >= 15 is 0 Å². The maximum absolute atomic E-state index is 12.7. The minimum atomic E-state index is -4.46. The van der Waals surface area contributed by atoms with Gasteiger partial charge in [0.15, 0.2) is 6.10 Å². The van der Waals surface area contributed by atoms with E-state index in [0.29, 0.717) is 17.8 Å². The van der Waals surface area contributed by atoms with Crippen molar-refractivity contribution in [2.75, 3.05) is 19.7 Å². The largest absolute Gasteiger partial charge is 0.416 e. The van der Waals surface area contributed by atoms with Crippen molar-refractivity contribution >= 4 is 5.91 Å². The Morgan fingerprint density at radius 1 is 1.52 bits per heavy atom. The molecule has 0 N–H and O–H groups in total. The monoisotopic (exact) mass is 305 g/mol. The van der Waals surface area contributed by atoms with E-state index in [1.165, 1.54) is 11.1 Å². The fourth-order valence-electron chi connectivity index (χ4n) is 2.30. The third kappa shape index (κ3) is 3.37. The minimum absolute atomic E-state index is 0.113. The van der Waals surface area contributed by atoms with Gasteiger partial charge in [0.1, 0.15) is 0 Å². The molecule has 0 aliphatic carbocycles. The molecule has 1 aromatic heterocycles. The highest BCUT2D eigenvalue weighted by Gasteiger charge is 2.44. The lowest BCUT2D eigenvalue weighted by molar-refractivity contribution is -0.233. The zero-order valence-corrected chi connectivity index (χ0v) is 12.0. The van der Waals surface area contributed by atoms with E-state index in [2.05, 4.69) is 5.10 Å². The fourth-order valence-corrected chi connectivity index (χ4v) is 2.30. The number of rotatable bonds is 3. The van der Waals surface area contributed by atoms with Gasteiger partial charge in [0.2, 0.25) is 0 Å². The molecule has 0 saturated carbocycles. The molecule has 8 heteroatoms. The van der Waals surface area contributed by atoms with Crippen molar-refractivity contribution in [2.24, 2.45) is 0 Å². The first kappa shape index (κ1) is 15.8. The van der Waals surface area contributed by atoms with Crippen molar-refractivity contribution in [3.05, 3.63) is 17.5 Å². The molecule has 1 atom stereocenters. The minimum Gasteiger partial charge on any atom is -0.365 e. The van der Waals surface area contributed by atoms with Gasteiger partial charge in [0.25, 0.3) is 5.91 Å². The maximum atomic E-state index is 12.7. The Morgan fingerprint density at radius 3 is 2.86 bits per heavy atom. The average Bonchev–Trinajstić information content (AvgIpc) is 2.79. The molecule has 1 aliphatic rings. The number of hydrogen-bond donors (Lipinski definition) is 0. The van der Waals surface area contributed by atoms with Gasteiger partial charge in [-0.1, -0.05) is 6.92 Å². The number of halogens is 3. The summed E-state index contributed by atoms with van der Waals surface area (Å²) in [6.45, 7) is 3.98. The second-order valence-corrected chi connectivity index (χ2v) is 5.02. The van der Waals surface area contributed by atoms with E-state index in [1.54, 1.807) is 11.6 Å². The third-order valence-electron chi connectivity index (χ3n) is 3.49. The molecule has 0 bridgehead atoms. The number of aryl methyl sites for hydroxylation is 1. The van der Waals surface area contributed by atoms with E-state index in [4.69, 9.17) is 4.74 Å². The van der Waals surface area contributed by atoms with Crippen molar-refractivity contribution < 1.29 is 22.7 Å². The van der Waals surface area contributed by atoms with Crippen LogP contribution in [-0.4, -0.2) is 52.6 Å². The van der Waals surface area contributed by atoms with Gasteiger partial charge in [-0.25, -0.2) is 0 Å². The molecule has 1 aliphatic heterocycles. The Hall–Kier alpha value is -1.57. The number of ether oxygens (including phenoxy) is 1. The van der Waals surface area contributed by atoms with Crippen LogP contribution in [0.4, 0.5) is 13.2 Å². The van der Waals surface area contributed by atoms with Crippen LogP contribution in [0.2, 0.25) is 0 Å². The van der Waals surface area contributed by atoms with Gasteiger partial charge in [-0.05, 0) is 13.3 Å². The van der Waals surface area contributed by atoms with E-state index in [0.717, 1.165) is 6.42 Å². The molecule has 2 heterocycles. The molecule has 21 heavy (non-hydrogen) atoms. The predicted molar refractivity (Wildman–Crippen MR) is 69.0 cm³/mol. The van der Waals surface area contributed by atoms with Gasteiger partial charge in [0.05, 0.1) is 24.9 Å². The summed E-state index contributed by atoms with van der Waals surface area (Å²) in [6.07, 6.45) is -4.09. The van der Waals surface area contributed by atoms with Crippen LogP contribution in [0.3, 0.4) is 0 Å². The van der Waals surface area contributed by atoms with Crippen molar-refractivity contribution in [2.45, 2.75) is 39.1 Å². The average molecular weight is 305 g/mol. The SMILES string of the molecule is CCCn1ncc(C(=O)N2CCOC(C(F)(F)F)C2)c1C. The number of morpholine rings is 1. The Kier molecular flexibility index (Phi) is 4.55. The van der Waals surface area contributed by atoms with Gasteiger partial charge in [-0.2, -0.15) is 18.3 Å². The number of alkyl halides is 3. The van der Waals surface area contributed by atoms with Crippen molar-refractivity contribution in [3.8, 4) is 0 Å². The predicted octanol–water partition coefficient (Wildman–Crippen LogP) is 2.00. The topological polar surface area (TPSA) is 47.4 Å². The number of nitrogens with zero attached hydrogens (tertiary/aromatic N) is 3. The molecule has 1 fully saturated rings.